The summed E-state index contributed by atoms with van der Waals surface area (Å²) in [5, 5.41) is 5.12. The molecule has 2 atom stereocenters. The molecule has 1 aromatic carbocycles. The zero-order valence-electron chi connectivity index (χ0n) is 14.1. The van der Waals surface area contributed by atoms with Crippen LogP contribution in [0.1, 0.15) is 52.5 Å². The van der Waals surface area contributed by atoms with Gasteiger partial charge in [-0.2, -0.15) is 0 Å². The number of carbonyl (C=O) groups excluding carboxylic acids is 2. The quantitative estimate of drug-likeness (QED) is 0.916. The number of nitrogens with zero attached hydrogens (tertiary/aromatic N) is 1. The molecule has 2 amide bonds. The Morgan fingerprint density at radius 3 is 2.80 bits per heavy atom. The highest BCUT2D eigenvalue weighted by Gasteiger charge is 2.36. The highest BCUT2D eigenvalue weighted by atomic mass is 32.1. The number of amides is 2. The van der Waals surface area contributed by atoms with E-state index in [0.29, 0.717) is 11.4 Å². The summed E-state index contributed by atoms with van der Waals surface area (Å²) in [5.74, 6) is -0.0270. The highest BCUT2D eigenvalue weighted by Crippen LogP contribution is 2.30. The topological polar surface area (TPSA) is 49.4 Å². The molecule has 2 heterocycles. The van der Waals surface area contributed by atoms with Gasteiger partial charge in [-0.15, -0.1) is 11.3 Å². The third-order valence-electron chi connectivity index (χ3n) is 5.23. The maximum atomic E-state index is 12.9. The van der Waals surface area contributed by atoms with E-state index in [0.717, 1.165) is 32.1 Å². The first-order chi connectivity index (χ1) is 12.2. The first-order valence-corrected chi connectivity index (χ1v) is 9.84. The van der Waals surface area contributed by atoms with Gasteiger partial charge in [-0.05, 0) is 54.7 Å². The molecular weight excluding hydrogens is 332 g/mol. The molecule has 1 fully saturated rings. The molecule has 0 saturated carbocycles. The van der Waals surface area contributed by atoms with Gasteiger partial charge in [0.1, 0.15) is 6.04 Å². The number of carbonyl (C=O) groups is 2. The monoisotopic (exact) mass is 354 g/mol. The van der Waals surface area contributed by atoms with E-state index in [2.05, 4.69) is 23.5 Å². The van der Waals surface area contributed by atoms with Gasteiger partial charge in [-0.1, -0.05) is 30.3 Å². The number of hydrogen-bond acceptors (Lipinski definition) is 3. The third kappa shape index (κ3) is 3.21. The standard InChI is InChI=1S/C20H22N2O2S/c23-19(21-16-9-3-7-14-6-1-2-8-15(14)16)17-10-4-12-22(17)20(24)18-11-5-13-25-18/h1-2,5-6,8,11,13,16-17H,3-4,7,9-10,12H2,(H,21,23). The van der Waals surface area contributed by atoms with Crippen molar-refractivity contribution in [2.75, 3.05) is 6.54 Å². The molecule has 0 spiro atoms. The van der Waals surface area contributed by atoms with Crippen LogP contribution < -0.4 is 5.32 Å². The van der Waals surface area contributed by atoms with Crippen molar-refractivity contribution in [3.63, 3.8) is 0 Å². The molecule has 1 aliphatic heterocycles. The van der Waals surface area contributed by atoms with Gasteiger partial charge in [0.15, 0.2) is 0 Å². The molecule has 5 heteroatoms. The lowest BCUT2D eigenvalue weighted by Gasteiger charge is -2.29. The van der Waals surface area contributed by atoms with Crippen LogP contribution in [0.15, 0.2) is 41.8 Å². The minimum absolute atomic E-state index is 0.0101. The van der Waals surface area contributed by atoms with Crippen molar-refractivity contribution in [2.24, 2.45) is 0 Å². The Balaban J connectivity index is 1.49. The van der Waals surface area contributed by atoms with Crippen LogP contribution in [0.25, 0.3) is 0 Å². The molecule has 2 aliphatic rings. The van der Waals surface area contributed by atoms with E-state index in [4.69, 9.17) is 0 Å². The third-order valence-corrected chi connectivity index (χ3v) is 6.09. The maximum absolute atomic E-state index is 12.9. The van der Waals surface area contributed by atoms with Crippen LogP contribution in [0, 0.1) is 0 Å². The first kappa shape index (κ1) is 16.3. The zero-order chi connectivity index (χ0) is 17.2. The molecule has 1 aliphatic carbocycles. The molecule has 130 valence electrons. The highest BCUT2D eigenvalue weighted by molar-refractivity contribution is 7.12. The Kier molecular flexibility index (Phi) is 4.57. The minimum atomic E-state index is -0.344. The molecule has 1 saturated heterocycles. The summed E-state index contributed by atoms with van der Waals surface area (Å²) < 4.78 is 0. The predicted octanol–water partition coefficient (Wildman–Crippen LogP) is 3.55. The van der Waals surface area contributed by atoms with Gasteiger partial charge in [0.05, 0.1) is 10.9 Å². The van der Waals surface area contributed by atoms with E-state index in [1.165, 1.54) is 22.5 Å². The molecule has 4 nitrogen and oxygen atoms in total. The number of fused-ring (bicyclic) bond motifs is 1. The maximum Gasteiger partial charge on any atom is 0.264 e. The lowest BCUT2D eigenvalue weighted by atomic mass is 9.87. The lowest BCUT2D eigenvalue weighted by molar-refractivity contribution is -0.125. The largest absolute Gasteiger partial charge is 0.347 e. The number of nitrogens with one attached hydrogen (secondary N) is 1. The van der Waals surface area contributed by atoms with Crippen LogP contribution in [0.4, 0.5) is 0 Å². The normalized spacial score (nSPS) is 22.5. The van der Waals surface area contributed by atoms with Gasteiger partial charge < -0.3 is 10.2 Å². The van der Waals surface area contributed by atoms with Gasteiger partial charge in [0, 0.05) is 6.54 Å². The molecular formula is C20H22N2O2S. The molecule has 4 rings (SSSR count). The minimum Gasteiger partial charge on any atom is -0.347 e. The Hall–Kier alpha value is -2.14. The van der Waals surface area contributed by atoms with E-state index < -0.39 is 0 Å². The van der Waals surface area contributed by atoms with Crippen LogP contribution in [0.5, 0.6) is 0 Å². The van der Waals surface area contributed by atoms with Crippen LogP contribution in [-0.2, 0) is 11.2 Å². The van der Waals surface area contributed by atoms with Crippen molar-refractivity contribution >= 4 is 23.2 Å². The molecule has 0 radical (unpaired) electrons. The van der Waals surface area contributed by atoms with Crippen LogP contribution >= 0.6 is 11.3 Å². The van der Waals surface area contributed by atoms with Crippen molar-refractivity contribution in [3.05, 3.63) is 57.8 Å². The summed E-state index contributed by atoms with van der Waals surface area (Å²) in [5.41, 5.74) is 2.56. The van der Waals surface area contributed by atoms with Gasteiger partial charge in [0.25, 0.3) is 5.91 Å². The second-order valence-corrected chi connectivity index (χ2v) is 7.73. The van der Waals surface area contributed by atoms with E-state index in [1.807, 2.05) is 23.6 Å². The number of likely N-dealkylation sites (tertiary alicyclic amines) is 1. The van der Waals surface area contributed by atoms with Crippen molar-refractivity contribution < 1.29 is 9.59 Å². The van der Waals surface area contributed by atoms with Crippen LogP contribution in [-0.4, -0.2) is 29.3 Å². The SMILES string of the molecule is O=C(NC1CCCc2ccccc21)C1CCCN1C(=O)c1cccs1. The van der Waals surface area contributed by atoms with E-state index >= 15 is 0 Å². The fraction of sp³-hybridized carbons (Fsp3) is 0.400. The second kappa shape index (κ2) is 7.00. The van der Waals surface area contributed by atoms with Gasteiger partial charge in [-0.25, -0.2) is 0 Å². The number of hydrogen-bond donors (Lipinski definition) is 1. The van der Waals surface area contributed by atoms with Gasteiger partial charge in [0.2, 0.25) is 5.91 Å². The van der Waals surface area contributed by atoms with E-state index in [9.17, 15) is 9.59 Å². The van der Waals surface area contributed by atoms with E-state index in [1.54, 1.807) is 4.90 Å². The fourth-order valence-electron chi connectivity index (χ4n) is 4.00. The molecule has 1 aromatic heterocycles. The van der Waals surface area contributed by atoms with Crippen LogP contribution in [0.2, 0.25) is 0 Å². The lowest BCUT2D eigenvalue weighted by Crippen LogP contribution is -2.47. The number of aryl methyl sites for hydroxylation is 1. The Labute approximate surface area is 151 Å². The van der Waals surface area contributed by atoms with Crippen molar-refractivity contribution in [2.45, 2.75) is 44.2 Å². The number of thiophene rings is 1. The fourth-order valence-corrected chi connectivity index (χ4v) is 4.67. The molecule has 25 heavy (non-hydrogen) atoms. The summed E-state index contributed by atoms with van der Waals surface area (Å²) in [6.45, 7) is 0.663. The average Bonchev–Trinajstić information content (AvgIpc) is 3.33. The first-order valence-electron chi connectivity index (χ1n) is 8.96. The van der Waals surface area contributed by atoms with Crippen molar-refractivity contribution in [1.29, 1.82) is 0 Å². The Morgan fingerprint density at radius 2 is 1.96 bits per heavy atom. The summed E-state index contributed by atoms with van der Waals surface area (Å²) in [6, 6.07) is 11.8. The summed E-state index contributed by atoms with van der Waals surface area (Å²) in [7, 11) is 0. The van der Waals surface area contributed by atoms with E-state index in [-0.39, 0.29) is 23.9 Å². The summed E-state index contributed by atoms with van der Waals surface area (Å²) >= 11 is 1.44. The van der Waals surface area contributed by atoms with Gasteiger partial charge >= 0.3 is 0 Å². The second-order valence-electron chi connectivity index (χ2n) is 6.79. The van der Waals surface area contributed by atoms with Gasteiger partial charge in [-0.3, -0.25) is 9.59 Å². The molecule has 0 bridgehead atoms. The van der Waals surface area contributed by atoms with Crippen molar-refractivity contribution in [3.8, 4) is 0 Å². The number of rotatable bonds is 3. The Bertz CT molecular complexity index is 772. The smallest absolute Gasteiger partial charge is 0.264 e. The zero-order valence-corrected chi connectivity index (χ0v) is 14.9. The molecule has 2 aromatic rings. The molecule has 1 N–H and O–H groups in total. The molecule has 2 unspecified atom stereocenters. The van der Waals surface area contributed by atoms with Crippen molar-refractivity contribution in [1.82, 2.24) is 10.2 Å². The summed E-state index contributed by atoms with van der Waals surface area (Å²) in [4.78, 5) is 28.0. The predicted molar refractivity (Wildman–Crippen MR) is 98.6 cm³/mol. The Morgan fingerprint density at radius 1 is 1.08 bits per heavy atom. The average molecular weight is 354 g/mol. The number of benzene rings is 1. The van der Waals surface area contributed by atoms with Crippen LogP contribution in [0.3, 0.4) is 0 Å². The summed E-state index contributed by atoms with van der Waals surface area (Å²) in [6.07, 6.45) is 4.77.